The van der Waals surface area contributed by atoms with Crippen molar-refractivity contribution in [3.8, 4) is 0 Å². The second-order valence-corrected chi connectivity index (χ2v) is 7.74. The number of amides is 3. The maximum absolute atomic E-state index is 14.4. The van der Waals surface area contributed by atoms with Crippen LogP contribution in [0.15, 0.2) is 36.4 Å². The van der Waals surface area contributed by atoms with E-state index < -0.39 is 40.7 Å². The Morgan fingerprint density at radius 3 is 2.36 bits per heavy atom. The summed E-state index contributed by atoms with van der Waals surface area (Å²) in [5, 5.41) is 11.2. The average Bonchev–Trinajstić information content (AvgIpc) is 3.03. The first kappa shape index (κ1) is 22.1. The Morgan fingerprint density at radius 1 is 1.06 bits per heavy atom. The fraction of sp³-hybridized carbons (Fsp3) is 0.273. The van der Waals surface area contributed by atoms with Gasteiger partial charge in [0, 0.05) is 37.8 Å². The molecule has 2 aliphatic heterocycles. The maximum Gasteiger partial charge on any atom is 0.282 e. The summed E-state index contributed by atoms with van der Waals surface area (Å²) in [6.45, 7) is 1.91. The Hall–Kier alpha value is -4.15. The van der Waals surface area contributed by atoms with E-state index in [1.54, 1.807) is 11.0 Å². The summed E-state index contributed by atoms with van der Waals surface area (Å²) < 4.78 is 14.4. The van der Waals surface area contributed by atoms with Gasteiger partial charge < -0.3 is 9.80 Å². The SMILES string of the molecule is CC(=O)c1ccc(N2CCN(C(=O)CN3C(=O)c4cccc([N+](=O)[O-])c4C3=O)CC2)c(F)c1. The molecule has 2 aromatic carbocycles. The molecule has 0 radical (unpaired) electrons. The Balaban J connectivity index is 1.42. The van der Waals surface area contributed by atoms with Gasteiger partial charge in [0.1, 0.15) is 17.9 Å². The third kappa shape index (κ3) is 3.93. The van der Waals surface area contributed by atoms with E-state index in [1.807, 2.05) is 0 Å². The number of Topliss-reactive ketones (excluding diaryl/α,β-unsaturated/α-hetero) is 1. The highest BCUT2D eigenvalue weighted by molar-refractivity contribution is 6.24. The number of nitrogens with zero attached hydrogens (tertiary/aromatic N) is 4. The summed E-state index contributed by atoms with van der Waals surface area (Å²) in [5.74, 6) is -2.89. The van der Waals surface area contributed by atoms with Crippen molar-refractivity contribution < 1.29 is 28.5 Å². The maximum atomic E-state index is 14.4. The lowest BCUT2D eigenvalue weighted by Gasteiger charge is -2.36. The third-order valence-electron chi connectivity index (χ3n) is 5.79. The first-order valence-corrected chi connectivity index (χ1v) is 10.2. The minimum Gasteiger partial charge on any atom is -0.366 e. The fourth-order valence-electron chi connectivity index (χ4n) is 4.03. The van der Waals surface area contributed by atoms with Crippen LogP contribution in [-0.4, -0.2) is 71.0 Å². The topological polar surface area (TPSA) is 121 Å². The minimum atomic E-state index is -0.873. The van der Waals surface area contributed by atoms with Gasteiger partial charge in [-0.2, -0.15) is 0 Å². The number of anilines is 1. The second kappa shape index (κ2) is 8.41. The van der Waals surface area contributed by atoms with Gasteiger partial charge in [-0.15, -0.1) is 0 Å². The predicted molar refractivity (Wildman–Crippen MR) is 114 cm³/mol. The predicted octanol–water partition coefficient (Wildman–Crippen LogP) is 1.88. The highest BCUT2D eigenvalue weighted by Gasteiger charge is 2.42. The molecule has 2 aliphatic rings. The molecular formula is C22H19FN4O6. The van der Waals surface area contributed by atoms with Crippen molar-refractivity contribution in [3.63, 3.8) is 0 Å². The summed E-state index contributed by atoms with van der Waals surface area (Å²) in [6, 6.07) is 8.01. The first-order valence-electron chi connectivity index (χ1n) is 10.2. The summed E-state index contributed by atoms with van der Waals surface area (Å²) in [4.78, 5) is 63.8. The number of halogens is 1. The first-order chi connectivity index (χ1) is 15.7. The molecule has 0 bridgehead atoms. The van der Waals surface area contributed by atoms with Crippen molar-refractivity contribution in [1.29, 1.82) is 0 Å². The zero-order valence-corrected chi connectivity index (χ0v) is 17.6. The van der Waals surface area contributed by atoms with Crippen LogP contribution < -0.4 is 4.90 Å². The number of imide groups is 1. The van der Waals surface area contributed by atoms with Gasteiger partial charge in [0.25, 0.3) is 17.5 Å². The number of hydrogen-bond donors (Lipinski definition) is 0. The second-order valence-electron chi connectivity index (χ2n) is 7.74. The standard InChI is InChI=1S/C22H19FN4O6/c1-13(28)14-5-6-17(16(23)11-14)24-7-9-25(10-8-24)19(29)12-26-21(30)15-3-2-4-18(27(32)33)20(15)22(26)31/h2-6,11H,7-10,12H2,1H3. The highest BCUT2D eigenvalue weighted by Crippen LogP contribution is 2.30. The van der Waals surface area contributed by atoms with E-state index in [4.69, 9.17) is 0 Å². The molecule has 0 aliphatic carbocycles. The van der Waals surface area contributed by atoms with Crippen molar-refractivity contribution in [3.05, 3.63) is 69.0 Å². The molecule has 10 nitrogen and oxygen atoms in total. The molecule has 2 heterocycles. The molecule has 0 aromatic heterocycles. The third-order valence-corrected chi connectivity index (χ3v) is 5.79. The largest absolute Gasteiger partial charge is 0.366 e. The van der Waals surface area contributed by atoms with E-state index >= 15 is 0 Å². The molecule has 1 saturated heterocycles. The Bertz CT molecular complexity index is 1210. The Kier molecular flexibility index (Phi) is 5.62. The molecule has 11 heteroatoms. The van der Waals surface area contributed by atoms with Crippen LogP contribution in [0.3, 0.4) is 0 Å². The lowest BCUT2D eigenvalue weighted by molar-refractivity contribution is -0.385. The van der Waals surface area contributed by atoms with Crippen molar-refractivity contribution in [1.82, 2.24) is 9.80 Å². The van der Waals surface area contributed by atoms with Crippen LogP contribution in [0.25, 0.3) is 0 Å². The van der Waals surface area contributed by atoms with Crippen LogP contribution in [0.4, 0.5) is 15.8 Å². The molecule has 3 amide bonds. The number of carbonyl (C=O) groups excluding carboxylic acids is 4. The van der Waals surface area contributed by atoms with Crippen LogP contribution in [0, 0.1) is 15.9 Å². The molecule has 0 unspecified atom stereocenters. The van der Waals surface area contributed by atoms with Crippen molar-refractivity contribution in [2.45, 2.75) is 6.92 Å². The molecule has 0 N–H and O–H groups in total. The van der Waals surface area contributed by atoms with Gasteiger partial charge in [-0.25, -0.2) is 4.39 Å². The lowest BCUT2D eigenvalue weighted by Crippen LogP contribution is -2.52. The highest BCUT2D eigenvalue weighted by atomic mass is 19.1. The van der Waals surface area contributed by atoms with E-state index in [1.165, 1.54) is 36.1 Å². The molecule has 33 heavy (non-hydrogen) atoms. The van der Waals surface area contributed by atoms with Crippen LogP contribution >= 0.6 is 0 Å². The molecule has 0 spiro atoms. The number of carbonyl (C=O) groups is 4. The fourth-order valence-corrected chi connectivity index (χ4v) is 4.03. The van der Waals surface area contributed by atoms with Crippen LogP contribution in [0.1, 0.15) is 38.0 Å². The number of rotatable bonds is 5. The number of ketones is 1. The van der Waals surface area contributed by atoms with Gasteiger partial charge >= 0.3 is 0 Å². The number of fused-ring (bicyclic) bond motifs is 1. The van der Waals surface area contributed by atoms with Crippen LogP contribution in [0.5, 0.6) is 0 Å². The number of nitro groups is 1. The average molecular weight is 454 g/mol. The summed E-state index contributed by atoms with van der Waals surface area (Å²) in [5.41, 5.74) is -0.302. The Labute approximate surface area is 187 Å². The van der Waals surface area contributed by atoms with E-state index in [0.29, 0.717) is 23.7 Å². The summed E-state index contributed by atoms with van der Waals surface area (Å²) in [6.07, 6.45) is 0. The molecular weight excluding hydrogens is 435 g/mol. The molecule has 0 saturated carbocycles. The van der Waals surface area contributed by atoms with E-state index in [9.17, 15) is 33.7 Å². The van der Waals surface area contributed by atoms with Gasteiger partial charge in [-0.1, -0.05) is 6.07 Å². The number of nitro benzene ring substituents is 1. The van der Waals surface area contributed by atoms with Crippen molar-refractivity contribution in [2.75, 3.05) is 37.6 Å². The monoisotopic (exact) mass is 454 g/mol. The van der Waals surface area contributed by atoms with E-state index in [-0.39, 0.29) is 35.6 Å². The zero-order valence-electron chi connectivity index (χ0n) is 17.6. The summed E-state index contributed by atoms with van der Waals surface area (Å²) >= 11 is 0. The van der Waals surface area contributed by atoms with Crippen molar-refractivity contribution in [2.24, 2.45) is 0 Å². The number of hydrogen-bond acceptors (Lipinski definition) is 7. The van der Waals surface area contributed by atoms with Crippen molar-refractivity contribution >= 4 is 34.9 Å². The van der Waals surface area contributed by atoms with Gasteiger partial charge in [-0.3, -0.25) is 34.2 Å². The number of benzene rings is 2. The molecule has 1 fully saturated rings. The quantitative estimate of drug-likeness (QED) is 0.293. The molecule has 4 rings (SSSR count). The van der Waals surface area contributed by atoms with E-state index in [0.717, 1.165) is 6.07 Å². The van der Waals surface area contributed by atoms with Gasteiger partial charge in [0.05, 0.1) is 16.2 Å². The molecule has 0 atom stereocenters. The summed E-state index contributed by atoms with van der Waals surface area (Å²) in [7, 11) is 0. The smallest absolute Gasteiger partial charge is 0.282 e. The Morgan fingerprint density at radius 2 is 1.76 bits per heavy atom. The lowest BCUT2D eigenvalue weighted by atomic mass is 10.1. The van der Waals surface area contributed by atoms with Crippen LogP contribution in [-0.2, 0) is 4.79 Å². The minimum absolute atomic E-state index is 0.101. The van der Waals surface area contributed by atoms with Gasteiger partial charge in [-0.05, 0) is 31.2 Å². The van der Waals surface area contributed by atoms with Crippen LogP contribution in [0.2, 0.25) is 0 Å². The number of piperazine rings is 1. The van der Waals surface area contributed by atoms with Gasteiger partial charge in [0.2, 0.25) is 5.91 Å². The van der Waals surface area contributed by atoms with E-state index in [2.05, 4.69) is 0 Å². The molecule has 170 valence electrons. The normalized spacial score (nSPS) is 15.6. The molecule has 2 aromatic rings. The van der Waals surface area contributed by atoms with Gasteiger partial charge in [0.15, 0.2) is 5.78 Å². The zero-order chi connectivity index (χ0) is 23.9.